The Morgan fingerprint density at radius 1 is 1.13 bits per heavy atom. The van der Waals surface area contributed by atoms with E-state index < -0.39 is 0 Å². The van der Waals surface area contributed by atoms with Crippen LogP contribution >= 0.6 is 46.7 Å². The molecule has 8 heteroatoms. The Balaban J connectivity index is 1.67. The number of para-hydroxylation sites is 1. The molecule has 1 aliphatic heterocycles. The molecule has 0 spiro atoms. The Hall–Kier alpha value is -1.44. The lowest BCUT2D eigenvalue weighted by Crippen LogP contribution is -2.24. The first-order valence-electron chi connectivity index (χ1n) is 9.64. The van der Waals surface area contributed by atoms with Crippen LogP contribution in [-0.2, 0) is 10.5 Å². The van der Waals surface area contributed by atoms with Gasteiger partial charge >= 0.3 is 0 Å². The maximum Gasteiger partial charge on any atom is 0.286 e. The first-order valence-corrected chi connectivity index (χ1v) is 12.3. The zero-order chi connectivity index (χ0) is 20.9. The van der Waals surface area contributed by atoms with Gasteiger partial charge in [0.05, 0.1) is 16.8 Å². The highest BCUT2D eigenvalue weighted by atomic mass is 35.5. The summed E-state index contributed by atoms with van der Waals surface area (Å²) in [5, 5.41) is 5.62. The van der Waals surface area contributed by atoms with E-state index in [0.29, 0.717) is 20.7 Å². The average molecular weight is 479 g/mol. The zero-order valence-corrected chi connectivity index (χ0v) is 19.2. The first-order chi connectivity index (χ1) is 14.6. The molecule has 1 aliphatic rings. The van der Waals surface area contributed by atoms with Crippen molar-refractivity contribution in [3.8, 4) is 5.69 Å². The largest absolute Gasteiger partial charge is 0.367 e. The Bertz CT molecular complexity index is 1070. The molecule has 0 bridgehead atoms. The van der Waals surface area contributed by atoms with Gasteiger partial charge in [-0.15, -0.1) is 11.8 Å². The van der Waals surface area contributed by atoms with Crippen molar-refractivity contribution >= 4 is 46.7 Å². The Labute approximate surface area is 193 Å². The van der Waals surface area contributed by atoms with Crippen molar-refractivity contribution in [3.05, 3.63) is 80.7 Å². The topological polar surface area (TPSA) is 44.1 Å². The lowest BCUT2D eigenvalue weighted by Gasteiger charge is -2.22. The molecule has 2 heterocycles. The molecule has 4 rings (SSSR count). The number of rotatable bonds is 6. The van der Waals surface area contributed by atoms with Crippen molar-refractivity contribution in [1.82, 2.24) is 9.78 Å². The van der Waals surface area contributed by atoms with Gasteiger partial charge in [-0.3, -0.25) is 4.79 Å². The predicted molar refractivity (Wildman–Crippen MR) is 125 cm³/mol. The molecule has 4 nitrogen and oxygen atoms in total. The monoisotopic (exact) mass is 478 g/mol. The molecule has 1 atom stereocenters. The van der Waals surface area contributed by atoms with Crippen LogP contribution in [-0.4, -0.2) is 21.8 Å². The third-order valence-corrected chi connectivity index (χ3v) is 7.74. The highest BCUT2D eigenvalue weighted by molar-refractivity contribution is 8.02. The summed E-state index contributed by atoms with van der Waals surface area (Å²) in [5.41, 5.74) is 1.57. The molecule has 1 unspecified atom stereocenters. The predicted octanol–water partition coefficient (Wildman–Crippen LogP) is 6.45. The second-order valence-corrected chi connectivity index (χ2v) is 9.86. The van der Waals surface area contributed by atoms with Crippen molar-refractivity contribution in [2.75, 3.05) is 6.61 Å². The standard InChI is InChI=1S/C22H20Cl2N2O2S2/c23-16-10-9-15(18(24)12-16)14-29-21-19(30-20-8-4-5-11-28-20)13-25-26(22(21)27)17-6-2-1-3-7-17/h1-3,6-7,9-10,12-13,20H,4-5,8,11,14H2. The molecule has 30 heavy (non-hydrogen) atoms. The minimum absolute atomic E-state index is 0.0472. The van der Waals surface area contributed by atoms with Crippen molar-refractivity contribution in [3.63, 3.8) is 0 Å². The Morgan fingerprint density at radius 2 is 1.97 bits per heavy atom. The molecule has 0 radical (unpaired) electrons. The van der Waals surface area contributed by atoms with Gasteiger partial charge in [-0.05, 0) is 49.1 Å². The third-order valence-electron chi connectivity index (χ3n) is 4.69. The molecule has 1 saturated heterocycles. The average Bonchev–Trinajstić information content (AvgIpc) is 2.76. The summed E-state index contributed by atoms with van der Waals surface area (Å²) in [4.78, 5) is 14.9. The van der Waals surface area contributed by atoms with Crippen LogP contribution in [0.2, 0.25) is 10.0 Å². The van der Waals surface area contributed by atoms with Gasteiger partial charge < -0.3 is 4.74 Å². The molecular formula is C22H20Cl2N2O2S2. The van der Waals surface area contributed by atoms with Crippen molar-refractivity contribution < 1.29 is 4.74 Å². The molecule has 0 aliphatic carbocycles. The highest BCUT2D eigenvalue weighted by Crippen LogP contribution is 2.36. The second kappa shape index (κ2) is 10.2. The van der Waals surface area contributed by atoms with Crippen LogP contribution in [0.25, 0.3) is 5.69 Å². The minimum Gasteiger partial charge on any atom is -0.367 e. The summed E-state index contributed by atoms with van der Waals surface area (Å²) in [6.07, 6.45) is 4.96. The third kappa shape index (κ3) is 5.24. The lowest BCUT2D eigenvalue weighted by atomic mass is 10.2. The van der Waals surface area contributed by atoms with E-state index in [4.69, 9.17) is 27.9 Å². The summed E-state index contributed by atoms with van der Waals surface area (Å²) in [7, 11) is 0. The summed E-state index contributed by atoms with van der Waals surface area (Å²) in [5.74, 6) is 0.559. The lowest BCUT2D eigenvalue weighted by molar-refractivity contribution is 0.0727. The minimum atomic E-state index is -0.142. The summed E-state index contributed by atoms with van der Waals surface area (Å²) in [6, 6.07) is 14.9. The quantitative estimate of drug-likeness (QED) is 0.380. The van der Waals surface area contributed by atoms with Crippen LogP contribution in [0.5, 0.6) is 0 Å². The summed E-state index contributed by atoms with van der Waals surface area (Å²) < 4.78 is 7.31. The fraction of sp³-hybridized carbons (Fsp3) is 0.273. The van der Waals surface area contributed by atoms with Crippen LogP contribution < -0.4 is 5.56 Å². The van der Waals surface area contributed by atoms with Crippen molar-refractivity contribution in [2.24, 2.45) is 0 Å². The SMILES string of the molecule is O=c1c(SCc2ccc(Cl)cc2Cl)c(SC2CCCCO2)cnn1-c1ccccc1. The van der Waals surface area contributed by atoms with Gasteiger partial charge in [-0.1, -0.05) is 59.2 Å². The molecule has 1 fully saturated rings. The number of halogens is 2. The van der Waals surface area contributed by atoms with E-state index >= 15 is 0 Å². The van der Waals surface area contributed by atoms with Gasteiger partial charge in [0.15, 0.2) is 0 Å². The van der Waals surface area contributed by atoms with E-state index in [9.17, 15) is 4.79 Å². The Morgan fingerprint density at radius 3 is 2.70 bits per heavy atom. The number of hydrogen-bond acceptors (Lipinski definition) is 5. The molecule has 3 aromatic rings. The smallest absolute Gasteiger partial charge is 0.286 e. The molecule has 156 valence electrons. The maximum absolute atomic E-state index is 13.4. The highest BCUT2D eigenvalue weighted by Gasteiger charge is 2.21. The molecular weight excluding hydrogens is 459 g/mol. The Kier molecular flexibility index (Phi) is 7.44. The molecule has 2 aromatic carbocycles. The van der Waals surface area contributed by atoms with E-state index in [1.807, 2.05) is 42.5 Å². The van der Waals surface area contributed by atoms with Crippen LogP contribution in [0.4, 0.5) is 0 Å². The number of benzene rings is 2. The van der Waals surface area contributed by atoms with Crippen LogP contribution in [0, 0.1) is 0 Å². The first kappa shape index (κ1) is 21.8. The van der Waals surface area contributed by atoms with E-state index in [0.717, 1.165) is 42.0 Å². The van der Waals surface area contributed by atoms with Gasteiger partial charge in [0, 0.05) is 27.3 Å². The normalized spacial score (nSPS) is 16.5. The van der Waals surface area contributed by atoms with E-state index in [1.54, 1.807) is 24.0 Å². The summed E-state index contributed by atoms with van der Waals surface area (Å²) in [6.45, 7) is 0.759. The van der Waals surface area contributed by atoms with Crippen LogP contribution in [0.3, 0.4) is 0 Å². The number of thioether (sulfide) groups is 2. The van der Waals surface area contributed by atoms with Crippen LogP contribution in [0.15, 0.2) is 69.3 Å². The number of aromatic nitrogens is 2. The second-order valence-electron chi connectivity index (χ2n) is 6.83. The molecule has 0 N–H and O–H groups in total. The molecule has 0 saturated carbocycles. The van der Waals surface area contributed by atoms with Gasteiger partial charge in [-0.2, -0.15) is 9.78 Å². The van der Waals surface area contributed by atoms with Gasteiger partial charge in [0.1, 0.15) is 5.44 Å². The van der Waals surface area contributed by atoms with Gasteiger partial charge in [-0.25, -0.2) is 0 Å². The van der Waals surface area contributed by atoms with Crippen molar-refractivity contribution in [1.29, 1.82) is 0 Å². The maximum atomic E-state index is 13.4. The van der Waals surface area contributed by atoms with Gasteiger partial charge in [0.2, 0.25) is 0 Å². The fourth-order valence-corrected chi connectivity index (χ4v) is 5.99. The van der Waals surface area contributed by atoms with E-state index in [1.165, 1.54) is 16.4 Å². The molecule has 1 aromatic heterocycles. The van der Waals surface area contributed by atoms with Crippen LogP contribution in [0.1, 0.15) is 24.8 Å². The number of ether oxygens (including phenoxy) is 1. The molecule has 0 amide bonds. The van der Waals surface area contributed by atoms with E-state index in [-0.39, 0.29) is 11.0 Å². The van der Waals surface area contributed by atoms with E-state index in [2.05, 4.69) is 5.10 Å². The number of hydrogen-bond donors (Lipinski definition) is 0. The zero-order valence-electron chi connectivity index (χ0n) is 16.1. The number of nitrogens with zero attached hydrogens (tertiary/aromatic N) is 2. The summed E-state index contributed by atoms with van der Waals surface area (Å²) >= 11 is 15.4. The van der Waals surface area contributed by atoms with Crippen molar-refractivity contribution in [2.45, 2.75) is 40.2 Å². The van der Waals surface area contributed by atoms with Gasteiger partial charge in [0.25, 0.3) is 5.56 Å². The fourth-order valence-electron chi connectivity index (χ4n) is 3.13.